The van der Waals surface area contributed by atoms with Crippen LogP contribution in [0.3, 0.4) is 0 Å². The van der Waals surface area contributed by atoms with Gasteiger partial charge in [0.2, 0.25) is 0 Å². The van der Waals surface area contributed by atoms with Crippen LogP contribution in [0.4, 0.5) is 17.1 Å². The second-order valence-corrected chi connectivity index (χ2v) is 20.5. The van der Waals surface area contributed by atoms with Crippen molar-refractivity contribution in [2.24, 2.45) is 0 Å². The zero-order chi connectivity index (χ0) is 48.3. The molecule has 0 saturated heterocycles. The van der Waals surface area contributed by atoms with Crippen molar-refractivity contribution < 1.29 is 4.42 Å². The first-order chi connectivity index (χ1) is 36.7. The number of anilines is 3. The summed E-state index contributed by atoms with van der Waals surface area (Å²) < 4.78 is 7.01. The maximum atomic E-state index is 7.01. The van der Waals surface area contributed by atoms with Crippen molar-refractivity contribution in [2.75, 3.05) is 4.90 Å². The van der Waals surface area contributed by atoms with Crippen LogP contribution in [0.2, 0.25) is 0 Å². The Balaban J connectivity index is 0.997. The summed E-state index contributed by atoms with van der Waals surface area (Å²) in [5.41, 5.74) is 27.2. The van der Waals surface area contributed by atoms with Crippen molar-refractivity contribution in [3.63, 3.8) is 0 Å². The maximum Gasteiger partial charge on any atom is 0.143 e. The zero-order valence-electron chi connectivity index (χ0n) is 40.2. The number of nitrogens with zero attached hydrogens (tertiary/aromatic N) is 1. The number of rotatable bonds is 4. The van der Waals surface area contributed by atoms with E-state index in [0.29, 0.717) is 0 Å². The summed E-state index contributed by atoms with van der Waals surface area (Å²) >= 11 is 0. The molecule has 2 spiro atoms. The lowest BCUT2D eigenvalue weighted by Gasteiger charge is -2.34. The van der Waals surface area contributed by atoms with Gasteiger partial charge in [0.1, 0.15) is 11.2 Å². The molecule has 0 bridgehead atoms. The quantitative estimate of drug-likeness (QED) is 0.175. The smallest absolute Gasteiger partial charge is 0.143 e. The standard InChI is InChI=1S/C72H43NO/c1-2-19-44(20-3-1)47-29-18-36-68-69(47)58-43-67(56-27-4-5-28-57(56)70(58)74-68)73(45-37-39-54-52-25-10-16-34-63(52)71(65(54)41-45)59-30-12-6-21-48(59)49-22-7-13-31-60(49)71)46-38-40-55-53-26-11-17-35-64(53)72(66(55)42-46)61-32-14-8-23-50(61)51-24-9-15-33-62(51)72/h1-43H. The van der Waals surface area contributed by atoms with E-state index in [0.717, 1.165) is 60.9 Å². The van der Waals surface area contributed by atoms with Gasteiger partial charge in [-0.1, -0.05) is 224 Å². The van der Waals surface area contributed by atoms with Crippen molar-refractivity contribution in [3.05, 3.63) is 305 Å². The largest absolute Gasteiger partial charge is 0.455 e. The van der Waals surface area contributed by atoms with Gasteiger partial charge in [-0.15, -0.1) is 0 Å². The molecule has 0 radical (unpaired) electrons. The predicted octanol–water partition coefficient (Wildman–Crippen LogP) is 18.6. The van der Waals surface area contributed by atoms with Gasteiger partial charge in [-0.3, -0.25) is 0 Å². The summed E-state index contributed by atoms with van der Waals surface area (Å²) in [4.78, 5) is 2.57. The second kappa shape index (κ2) is 14.6. The van der Waals surface area contributed by atoms with Crippen molar-refractivity contribution >= 4 is 49.8 Å². The molecule has 1 heterocycles. The van der Waals surface area contributed by atoms with E-state index >= 15 is 0 Å². The zero-order valence-corrected chi connectivity index (χ0v) is 40.2. The number of fused-ring (bicyclic) bond motifs is 25. The summed E-state index contributed by atoms with van der Waals surface area (Å²) in [6, 6.07) is 97.8. The lowest BCUT2D eigenvalue weighted by atomic mass is 9.70. The predicted molar refractivity (Wildman–Crippen MR) is 304 cm³/mol. The van der Waals surface area contributed by atoms with E-state index < -0.39 is 10.8 Å². The highest BCUT2D eigenvalue weighted by atomic mass is 16.3. The molecule has 12 aromatic carbocycles. The fourth-order valence-corrected chi connectivity index (χ4v) is 14.5. The average molecular weight is 938 g/mol. The number of hydrogen-bond donors (Lipinski definition) is 0. The molecule has 1 aromatic heterocycles. The Hall–Kier alpha value is -9.50. The molecule has 0 saturated carbocycles. The van der Waals surface area contributed by atoms with Crippen LogP contribution >= 0.6 is 0 Å². The molecule has 13 aromatic rings. The van der Waals surface area contributed by atoms with Gasteiger partial charge in [0.25, 0.3) is 0 Å². The number of furan rings is 1. The number of hydrogen-bond acceptors (Lipinski definition) is 2. The van der Waals surface area contributed by atoms with Crippen molar-refractivity contribution in [1.29, 1.82) is 0 Å². The van der Waals surface area contributed by atoms with E-state index in [-0.39, 0.29) is 0 Å². The monoisotopic (exact) mass is 937 g/mol. The summed E-state index contributed by atoms with van der Waals surface area (Å²) in [5.74, 6) is 0. The minimum absolute atomic E-state index is 0.515. The van der Waals surface area contributed by atoms with Gasteiger partial charge in [0.05, 0.1) is 16.5 Å². The molecular weight excluding hydrogens is 895 g/mol. The normalized spacial score (nSPS) is 14.2. The van der Waals surface area contributed by atoms with Gasteiger partial charge in [-0.25, -0.2) is 0 Å². The Morgan fingerprint density at radius 1 is 0.270 bits per heavy atom. The first-order valence-electron chi connectivity index (χ1n) is 25.8. The van der Waals surface area contributed by atoms with Crippen LogP contribution in [0.15, 0.2) is 265 Å². The Labute approximate surface area is 428 Å². The second-order valence-electron chi connectivity index (χ2n) is 20.5. The van der Waals surface area contributed by atoms with Crippen LogP contribution in [-0.2, 0) is 10.8 Å². The SMILES string of the molecule is c1ccc(-c2cccc3oc4c5ccccc5c(N(c5ccc6c(c5)C5(c7ccccc7-c7ccccc75)c5ccccc5-6)c5ccc6c(c5)C5(c7ccccc7-c7ccccc75)c5ccccc5-6)cc4c23)cc1. The Kier molecular flexibility index (Phi) is 7.90. The van der Waals surface area contributed by atoms with Crippen LogP contribution in [0.25, 0.3) is 88.3 Å². The van der Waals surface area contributed by atoms with E-state index in [1.807, 2.05) is 0 Å². The Morgan fingerprint density at radius 2 is 0.649 bits per heavy atom. The van der Waals surface area contributed by atoms with Gasteiger partial charge >= 0.3 is 0 Å². The van der Waals surface area contributed by atoms with Crippen molar-refractivity contribution in [2.45, 2.75) is 10.8 Å². The first kappa shape index (κ1) is 40.1. The van der Waals surface area contributed by atoms with Crippen LogP contribution in [0.1, 0.15) is 44.5 Å². The highest BCUT2D eigenvalue weighted by Gasteiger charge is 2.53. The fourth-order valence-electron chi connectivity index (χ4n) is 14.5. The molecule has 74 heavy (non-hydrogen) atoms. The lowest BCUT2D eigenvalue weighted by Crippen LogP contribution is -2.26. The molecule has 4 aliphatic carbocycles. The highest BCUT2D eigenvalue weighted by molar-refractivity contribution is 6.22. The van der Waals surface area contributed by atoms with E-state index in [2.05, 4.69) is 266 Å². The van der Waals surface area contributed by atoms with Gasteiger partial charge in [-0.05, 0) is 137 Å². The third-order valence-electron chi connectivity index (χ3n) is 17.3. The van der Waals surface area contributed by atoms with E-state index in [4.69, 9.17) is 4.42 Å². The molecule has 0 aliphatic heterocycles. The van der Waals surface area contributed by atoms with E-state index in [9.17, 15) is 0 Å². The molecular formula is C72H43NO. The topological polar surface area (TPSA) is 16.4 Å². The van der Waals surface area contributed by atoms with Gasteiger partial charge in [-0.2, -0.15) is 0 Å². The van der Waals surface area contributed by atoms with Crippen LogP contribution in [-0.4, -0.2) is 0 Å². The molecule has 0 unspecified atom stereocenters. The third kappa shape index (κ3) is 4.91. The molecule has 0 N–H and O–H groups in total. The van der Waals surface area contributed by atoms with E-state index in [1.165, 1.54) is 89.0 Å². The van der Waals surface area contributed by atoms with Crippen LogP contribution in [0, 0.1) is 0 Å². The molecule has 0 atom stereocenters. The van der Waals surface area contributed by atoms with Crippen LogP contribution < -0.4 is 4.90 Å². The molecule has 342 valence electrons. The average Bonchev–Trinajstić information content (AvgIpc) is 4.27. The van der Waals surface area contributed by atoms with Crippen LogP contribution in [0.5, 0.6) is 0 Å². The Morgan fingerprint density at radius 3 is 1.11 bits per heavy atom. The van der Waals surface area contributed by atoms with Crippen molar-refractivity contribution in [1.82, 2.24) is 0 Å². The fraction of sp³-hybridized carbons (Fsp3) is 0.0278. The van der Waals surface area contributed by atoms with Gasteiger partial charge < -0.3 is 9.32 Å². The lowest BCUT2D eigenvalue weighted by molar-refractivity contribution is 0.673. The minimum Gasteiger partial charge on any atom is -0.455 e. The molecule has 4 aliphatic rings. The van der Waals surface area contributed by atoms with Crippen molar-refractivity contribution in [3.8, 4) is 55.6 Å². The maximum absolute atomic E-state index is 7.01. The first-order valence-corrected chi connectivity index (χ1v) is 25.8. The van der Waals surface area contributed by atoms with Gasteiger partial charge in [0, 0.05) is 32.9 Å². The molecule has 2 heteroatoms. The Bertz CT molecular complexity index is 4250. The summed E-state index contributed by atoms with van der Waals surface area (Å²) in [6.45, 7) is 0. The molecule has 0 fully saturated rings. The number of benzene rings is 12. The highest BCUT2D eigenvalue weighted by Crippen LogP contribution is 2.66. The summed E-state index contributed by atoms with van der Waals surface area (Å²) in [5, 5.41) is 4.40. The molecule has 17 rings (SSSR count). The molecule has 0 amide bonds. The summed E-state index contributed by atoms with van der Waals surface area (Å²) in [6.07, 6.45) is 0. The third-order valence-corrected chi connectivity index (χ3v) is 17.3. The minimum atomic E-state index is -0.515. The van der Waals surface area contributed by atoms with E-state index in [1.54, 1.807) is 0 Å². The summed E-state index contributed by atoms with van der Waals surface area (Å²) in [7, 11) is 0. The molecule has 2 nitrogen and oxygen atoms in total. The van der Waals surface area contributed by atoms with Gasteiger partial charge in [0.15, 0.2) is 0 Å².